The lowest BCUT2D eigenvalue weighted by atomic mass is 10.0. The molecule has 2 heteroatoms. The fourth-order valence-electron chi connectivity index (χ4n) is 2.66. The number of fused-ring (bicyclic) bond motifs is 3. The molecular weight excluding hydrogens is 256 g/mol. The number of hydrogen-bond acceptors (Lipinski definition) is 2. The third-order valence-electron chi connectivity index (χ3n) is 3.59. The monoisotopic (exact) mass is 272 g/mol. The Kier molecular flexibility index (Phi) is 3.33. The summed E-state index contributed by atoms with van der Waals surface area (Å²) in [6.07, 6.45) is 6.17. The number of allylic oxidation sites excluding steroid dienone is 2. The summed E-state index contributed by atoms with van der Waals surface area (Å²) in [5.74, 6) is 0. The number of nitriles is 1. The van der Waals surface area contributed by atoms with Gasteiger partial charge in [0.2, 0.25) is 0 Å². The Balaban J connectivity index is 2.19. The molecule has 21 heavy (non-hydrogen) atoms. The molecule has 0 N–H and O–H groups in total. The molecule has 0 fully saturated rings. The van der Waals surface area contributed by atoms with Crippen LogP contribution in [0.4, 0.5) is 0 Å². The molecule has 0 heterocycles. The van der Waals surface area contributed by atoms with Crippen molar-refractivity contribution in [3.05, 3.63) is 77.5 Å². The van der Waals surface area contributed by atoms with Gasteiger partial charge in [-0.05, 0) is 52.2 Å². The molecule has 0 amide bonds. The molecule has 1 aliphatic carbocycles. The van der Waals surface area contributed by atoms with Gasteiger partial charge >= 0.3 is 0 Å². The molecule has 0 spiro atoms. The van der Waals surface area contributed by atoms with E-state index in [1.54, 1.807) is 0 Å². The molecular formula is C19H16N2. The van der Waals surface area contributed by atoms with Crippen molar-refractivity contribution in [3.8, 4) is 17.2 Å². The van der Waals surface area contributed by atoms with Crippen LogP contribution in [0.2, 0.25) is 0 Å². The standard InChI is InChI=1S/C19H16N2/c1-21(2)11-5-8-17-15-6-3-4-7-16(15)18-10-9-14(13-20)12-19(17)18/h3-12H,1-2H3. The lowest BCUT2D eigenvalue weighted by Crippen LogP contribution is -1.99. The summed E-state index contributed by atoms with van der Waals surface area (Å²) in [4.78, 5) is 2.00. The first kappa shape index (κ1) is 13.2. The van der Waals surface area contributed by atoms with E-state index in [1.165, 1.54) is 22.3 Å². The highest BCUT2D eigenvalue weighted by Gasteiger charge is 2.22. The quantitative estimate of drug-likeness (QED) is 0.704. The average Bonchev–Trinajstić information content (AvgIpc) is 2.81. The molecule has 0 radical (unpaired) electrons. The van der Waals surface area contributed by atoms with Crippen molar-refractivity contribution in [3.63, 3.8) is 0 Å². The first-order valence-corrected chi connectivity index (χ1v) is 6.90. The molecule has 0 saturated heterocycles. The topological polar surface area (TPSA) is 27.0 Å². The van der Waals surface area contributed by atoms with Crippen LogP contribution in [0, 0.1) is 11.3 Å². The van der Waals surface area contributed by atoms with Crippen LogP contribution in [0.25, 0.3) is 16.7 Å². The van der Waals surface area contributed by atoms with Gasteiger partial charge in [0.15, 0.2) is 0 Å². The van der Waals surface area contributed by atoms with Crippen molar-refractivity contribution in [1.29, 1.82) is 5.26 Å². The van der Waals surface area contributed by atoms with Gasteiger partial charge in [0.25, 0.3) is 0 Å². The predicted molar refractivity (Wildman–Crippen MR) is 86.5 cm³/mol. The molecule has 0 atom stereocenters. The molecule has 0 unspecified atom stereocenters. The van der Waals surface area contributed by atoms with E-state index in [9.17, 15) is 0 Å². The largest absolute Gasteiger partial charge is 0.383 e. The number of hydrogen-bond donors (Lipinski definition) is 0. The maximum atomic E-state index is 9.13. The highest BCUT2D eigenvalue weighted by molar-refractivity contribution is 6.01. The third kappa shape index (κ3) is 2.34. The van der Waals surface area contributed by atoms with E-state index < -0.39 is 0 Å². The van der Waals surface area contributed by atoms with Gasteiger partial charge in [0, 0.05) is 14.1 Å². The van der Waals surface area contributed by atoms with Gasteiger partial charge in [-0.3, -0.25) is 0 Å². The van der Waals surface area contributed by atoms with E-state index in [0.29, 0.717) is 5.56 Å². The lowest BCUT2D eigenvalue weighted by Gasteiger charge is -2.04. The van der Waals surface area contributed by atoms with Crippen LogP contribution in [0.3, 0.4) is 0 Å². The lowest BCUT2D eigenvalue weighted by molar-refractivity contribution is 0.564. The van der Waals surface area contributed by atoms with Crippen LogP contribution >= 0.6 is 0 Å². The highest BCUT2D eigenvalue weighted by atomic mass is 15.0. The Labute approximate surface area is 125 Å². The summed E-state index contributed by atoms with van der Waals surface area (Å²) in [6, 6.07) is 16.5. The molecule has 0 bridgehead atoms. The van der Waals surface area contributed by atoms with E-state index >= 15 is 0 Å². The minimum atomic E-state index is 0.698. The minimum absolute atomic E-state index is 0.698. The second-order valence-corrected chi connectivity index (χ2v) is 5.30. The van der Waals surface area contributed by atoms with Crippen LogP contribution in [0.15, 0.2) is 60.8 Å². The molecule has 2 aromatic carbocycles. The first-order chi connectivity index (χ1) is 10.2. The van der Waals surface area contributed by atoms with Crippen LogP contribution in [0.1, 0.15) is 16.7 Å². The van der Waals surface area contributed by atoms with Crippen molar-refractivity contribution < 1.29 is 0 Å². The van der Waals surface area contributed by atoms with Gasteiger partial charge in [-0.15, -0.1) is 0 Å². The molecule has 0 aromatic heterocycles. The molecule has 0 aliphatic heterocycles. The normalized spacial score (nSPS) is 14.0. The van der Waals surface area contributed by atoms with E-state index in [-0.39, 0.29) is 0 Å². The summed E-state index contributed by atoms with van der Waals surface area (Å²) in [7, 11) is 4.00. The molecule has 2 aromatic rings. The van der Waals surface area contributed by atoms with E-state index in [0.717, 1.165) is 5.56 Å². The van der Waals surface area contributed by atoms with Crippen LogP contribution in [0.5, 0.6) is 0 Å². The van der Waals surface area contributed by atoms with Crippen molar-refractivity contribution in [2.75, 3.05) is 14.1 Å². The van der Waals surface area contributed by atoms with Crippen molar-refractivity contribution >= 4 is 5.57 Å². The van der Waals surface area contributed by atoms with Crippen LogP contribution in [-0.4, -0.2) is 19.0 Å². The second kappa shape index (κ2) is 5.30. The van der Waals surface area contributed by atoms with E-state index in [1.807, 2.05) is 49.5 Å². The second-order valence-electron chi connectivity index (χ2n) is 5.30. The van der Waals surface area contributed by atoms with Gasteiger partial charge in [0.1, 0.15) is 0 Å². The van der Waals surface area contributed by atoms with E-state index in [4.69, 9.17) is 5.26 Å². The molecule has 0 saturated carbocycles. The number of rotatable bonds is 2. The van der Waals surface area contributed by atoms with Gasteiger partial charge in [-0.25, -0.2) is 0 Å². The van der Waals surface area contributed by atoms with Gasteiger partial charge in [0.05, 0.1) is 11.6 Å². The maximum absolute atomic E-state index is 9.13. The molecule has 2 nitrogen and oxygen atoms in total. The average molecular weight is 272 g/mol. The van der Waals surface area contributed by atoms with Crippen molar-refractivity contribution in [2.45, 2.75) is 0 Å². The maximum Gasteiger partial charge on any atom is 0.0991 e. The Morgan fingerprint density at radius 2 is 1.67 bits per heavy atom. The van der Waals surface area contributed by atoms with Gasteiger partial charge < -0.3 is 4.90 Å². The van der Waals surface area contributed by atoms with Gasteiger partial charge in [-0.2, -0.15) is 5.26 Å². The highest BCUT2D eigenvalue weighted by Crippen LogP contribution is 2.44. The fourth-order valence-corrected chi connectivity index (χ4v) is 2.66. The van der Waals surface area contributed by atoms with Crippen molar-refractivity contribution in [2.24, 2.45) is 0 Å². The van der Waals surface area contributed by atoms with E-state index in [2.05, 4.69) is 36.4 Å². The SMILES string of the molecule is CN(C)C=CC=C1c2ccccc2-c2ccc(C#N)cc21. The molecule has 1 aliphatic rings. The zero-order valence-electron chi connectivity index (χ0n) is 12.2. The Hall–Kier alpha value is -2.79. The zero-order valence-corrected chi connectivity index (χ0v) is 12.2. The van der Waals surface area contributed by atoms with Gasteiger partial charge in [-0.1, -0.05) is 36.4 Å². The first-order valence-electron chi connectivity index (χ1n) is 6.90. The third-order valence-corrected chi connectivity index (χ3v) is 3.59. The summed E-state index contributed by atoms with van der Waals surface area (Å²) in [5.41, 5.74) is 6.68. The summed E-state index contributed by atoms with van der Waals surface area (Å²) < 4.78 is 0. The Morgan fingerprint density at radius 1 is 0.952 bits per heavy atom. The summed E-state index contributed by atoms with van der Waals surface area (Å²) in [5, 5.41) is 9.13. The number of benzene rings is 2. The Bertz CT molecular complexity index is 789. The zero-order chi connectivity index (χ0) is 14.8. The summed E-state index contributed by atoms with van der Waals surface area (Å²) >= 11 is 0. The minimum Gasteiger partial charge on any atom is -0.383 e. The molecule has 3 rings (SSSR count). The number of nitrogens with zero attached hydrogens (tertiary/aromatic N) is 2. The Morgan fingerprint density at radius 3 is 2.38 bits per heavy atom. The summed E-state index contributed by atoms with van der Waals surface area (Å²) in [6.45, 7) is 0. The predicted octanol–water partition coefficient (Wildman–Crippen LogP) is 4.05. The van der Waals surface area contributed by atoms with Crippen LogP contribution in [-0.2, 0) is 0 Å². The van der Waals surface area contributed by atoms with Crippen molar-refractivity contribution in [1.82, 2.24) is 4.90 Å². The molecule has 102 valence electrons. The smallest absolute Gasteiger partial charge is 0.0991 e. The fraction of sp³-hybridized carbons (Fsp3) is 0.105. The van der Waals surface area contributed by atoms with Crippen LogP contribution < -0.4 is 0 Å².